The first kappa shape index (κ1) is 13.3. The van der Waals surface area contributed by atoms with Gasteiger partial charge in [0.15, 0.2) is 5.65 Å². The van der Waals surface area contributed by atoms with Gasteiger partial charge in [-0.2, -0.15) is 5.10 Å². The topological polar surface area (TPSA) is 72.9 Å². The molecular weight excluding hydrogens is 252 g/mol. The Hall–Kier alpha value is -1.69. The summed E-state index contributed by atoms with van der Waals surface area (Å²) in [5, 5.41) is 5.03. The molecule has 0 aromatic carbocycles. The van der Waals surface area contributed by atoms with Crippen LogP contribution in [0.5, 0.6) is 0 Å². The van der Waals surface area contributed by atoms with Gasteiger partial charge >= 0.3 is 0 Å². The van der Waals surface area contributed by atoms with Gasteiger partial charge in [0.2, 0.25) is 0 Å². The molecule has 0 atom stereocenters. The number of aryl methyl sites for hydroxylation is 1. The fourth-order valence-corrected chi connectivity index (χ4v) is 2.53. The van der Waals surface area contributed by atoms with Crippen LogP contribution in [0.15, 0.2) is 6.20 Å². The molecule has 108 valence electrons. The fraction of sp³-hybridized carbons (Fsp3) is 0.643. The van der Waals surface area contributed by atoms with Gasteiger partial charge in [-0.3, -0.25) is 9.58 Å². The zero-order chi connectivity index (χ0) is 14.1. The molecule has 0 saturated heterocycles. The van der Waals surface area contributed by atoms with Crippen molar-refractivity contribution in [3.63, 3.8) is 0 Å². The number of nitrogen functional groups attached to an aromatic ring is 1. The molecule has 0 radical (unpaired) electrons. The third kappa shape index (κ3) is 2.60. The quantitative estimate of drug-likeness (QED) is 0.868. The molecule has 1 saturated carbocycles. The third-order valence-corrected chi connectivity index (χ3v) is 3.87. The van der Waals surface area contributed by atoms with Crippen molar-refractivity contribution in [2.45, 2.75) is 45.2 Å². The van der Waals surface area contributed by atoms with Gasteiger partial charge in [0.1, 0.15) is 11.6 Å². The number of rotatable bonds is 6. The van der Waals surface area contributed by atoms with Crippen LogP contribution in [0, 0.1) is 0 Å². The molecule has 20 heavy (non-hydrogen) atoms. The SMILES string of the molecule is CCCCN(Cc1nc(N)c2cnn(C)c2n1)C1CC1. The second kappa shape index (κ2) is 5.36. The van der Waals surface area contributed by atoms with Crippen LogP contribution in [0.4, 0.5) is 5.82 Å². The van der Waals surface area contributed by atoms with Gasteiger partial charge in [0.05, 0.1) is 18.1 Å². The minimum absolute atomic E-state index is 0.532. The van der Waals surface area contributed by atoms with Crippen molar-refractivity contribution in [2.75, 3.05) is 12.3 Å². The molecule has 0 spiro atoms. The average Bonchev–Trinajstić information content (AvgIpc) is 3.20. The maximum atomic E-state index is 6.01. The summed E-state index contributed by atoms with van der Waals surface area (Å²) in [7, 11) is 1.88. The van der Waals surface area contributed by atoms with Gasteiger partial charge in [-0.05, 0) is 25.8 Å². The first-order valence-corrected chi connectivity index (χ1v) is 7.37. The van der Waals surface area contributed by atoms with E-state index in [1.807, 2.05) is 7.05 Å². The smallest absolute Gasteiger partial charge is 0.163 e. The largest absolute Gasteiger partial charge is 0.383 e. The van der Waals surface area contributed by atoms with Gasteiger partial charge in [0, 0.05) is 13.1 Å². The number of nitrogens with two attached hydrogens (primary N) is 1. The van der Waals surface area contributed by atoms with Crippen molar-refractivity contribution >= 4 is 16.9 Å². The Labute approximate surface area is 119 Å². The van der Waals surface area contributed by atoms with E-state index in [1.165, 1.54) is 25.7 Å². The van der Waals surface area contributed by atoms with Crippen LogP contribution in [-0.2, 0) is 13.6 Å². The lowest BCUT2D eigenvalue weighted by Crippen LogP contribution is -2.27. The van der Waals surface area contributed by atoms with Gasteiger partial charge < -0.3 is 5.73 Å². The molecular formula is C14H22N6. The number of aromatic nitrogens is 4. The van der Waals surface area contributed by atoms with Crippen LogP contribution in [0.3, 0.4) is 0 Å². The normalized spacial score (nSPS) is 15.3. The summed E-state index contributed by atoms with van der Waals surface area (Å²) in [4.78, 5) is 11.6. The number of unbranched alkanes of at least 4 members (excludes halogenated alkanes) is 1. The van der Waals surface area contributed by atoms with Crippen LogP contribution >= 0.6 is 0 Å². The van der Waals surface area contributed by atoms with E-state index in [4.69, 9.17) is 5.73 Å². The van der Waals surface area contributed by atoms with Crippen molar-refractivity contribution in [2.24, 2.45) is 7.05 Å². The second-order valence-corrected chi connectivity index (χ2v) is 5.59. The zero-order valence-electron chi connectivity index (χ0n) is 12.2. The summed E-state index contributed by atoms with van der Waals surface area (Å²) in [6.45, 7) is 4.13. The van der Waals surface area contributed by atoms with E-state index < -0.39 is 0 Å². The summed E-state index contributed by atoms with van der Waals surface area (Å²) < 4.78 is 1.75. The zero-order valence-corrected chi connectivity index (χ0v) is 12.2. The lowest BCUT2D eigenvalue weighted by Gasteiger charge is -2.20. The first-order valence-electron chi connectivity index (χ1n) is 7.37. The molecule has 6 nitrogen and oxygen atoms in total. The average molecular weight is 274 g/mol. The van der Waals surface area contributed by atoms with Crippen molar-refractivity contribution in [1.82, 2.24) is 24.6 Å². The fourth-order valence-electron chi connectivity index (χ4n) is 2.53. The predicted octanol–water partition coefficient (Wildman–Crippen LogP) is 1.71. The molecule has 0 amide bonds. The van der Waals surface area contributed by atoms with Crippen molar-refractivity contribution in [3.8, 4) is 0 Å². The Morgan fingerprint density at radius 3 is 2.90 bits per heavy atom. The number of nitrogens with zero attached hydrogens (tertiary/aromatic N) is 5. The van der Waals surface area contributed by atoms with E-state index in [2.05, 4.69) is 26.9 Å². The number of hydrogen-bond donors (Lipinski definition) is 1. The Bertz CT molecular complexity index is 601. The van der Waals surface area contributed by atoms with Crippen LogP contribution in [0.25, 0.3) is 11.0 Å². The van der Waals surface area contributed by atoms with E-state index >= 15 is 0 Å². The van der Waals surface area contributed by atoms with Crippen molar-refractivity contribution in [1.29, 1.82) is 0 Å². The van der Waals surface area contributed by atoms with Gasteiger partial charge in [-0.1, -0.05) is 13.3 Å². The van der Waals surface area contributed by atoms with E-state index in [0.717, 1.165) is 29.9 Å². The molecule has 2 aromatic rings. The number of anilines is 1. The predicted molar refractivity (Wildman–Crippen MR) is 79.1 cm³/mol. The molecule has 2 N–H and O–H groups in total. The summed E-state index contributed by atoms with van der Waals surface area (Å²) >= 11 is 0. The minimum Gasteiger partial charge on any atom is -0.383 e. The van der Waals surface area contributed by atoms with E-state index in [1.54, 1.807) is 10.9 Å². The standard InChI is InChI=1S/C14H22N6/c1-3-4-7-20(10-5-6-10)9-12-17-13(15)11-8-16-19(2)14(11)18-12/h8,10H,3-7,9H2,1-2H3,(H2,15,17,18). The Morgan fingerprint density at radius 1 is 1.40 bits per heavy atom. The number of hydrogen-bond acceptors (Lipinski definition) is 5. The Kier molecular flexibility index (Phi) is 3.56. The highest BCUT2D eigenvalue weighted by atomic mass is 15.3. The summed E-state index contributed by atoms with van der Waals surface area (Å²) in [6.07, 6.45) is 6.76. The summed E-state index contributed by atoms with van der Waals surface area (Å²) in [6, 6.07) is 0.716. The maximum Gasteiger partial charge on any atom is 0.163 e. The van der Waals surface area contributed by atoms with E-state index in [0.29, 0.717) is 11.9 Å². The van der Waals surface area contributed by atoms with Crippen LogP contribution in [0.1, 0.15) is 38.4 Å². The molecule has 3 rings (SSSR count). The molecule has 2 aromatic heterocycles. The highest BCUT2D eigenvalue weighted by Gasteiger charge is 2.29. The lowest BCUT2D eigenvalue weighted by molar-refractivity contribution is 0.245. The minimum atomic E-state index is 0.532. The van der Waals surface area contributed by atoms with Crippen LogP contribution < -0.4 is 5.73 Å². The van der Waals surface area contributed by atoms with Gasteiger partial charge in [0.25, 0.3) is 0 Å². The maximum absolute atomic E-state index is 6.01. The van der Waals surface area contributed by atoms with Crippen LogP contribution in [0.2, 0.25) is 0 Å². The van der Waals surface area contributed by atoms with Gasteiger partial charge in [-0.15, -0.1) is 0 Å². The third-order valence-electron chi connectivity index (χ3n) is 3.87. The number of fused-ring (bicyclic) bond motifs is 1. The Morgan fingerprint density at radius 2 is 2.20 bits per heavy atom. The summed E-state index contributed by atoms with van der Waals surface area (Å²) in [5.41, 5.74) is 6.83. The molecule has 0 unspecified atom stereocenters. The highest BCUT2D eigenvalue weighted by molar-refractivity contribution is 5.84. The van der Waals surface area contributed by atoms with E-state index in [-0.39, 0.29) is 0 Å². The molecule has 1 fully saturated rings. The van der Waals surface area contributed by atoms with Gasteiger partial charge in [-0.25, -0.2) is 9.97 Å². The molecule has 0 aliphatic heterocycles. The molecule has 1 aliphatic carbocycles. The molecule has 6 heteroatoms. The van der Waals surface area contributed by atoms with Crippen molar-refractivity contribution < 1.29 is 0 Å². The Balaban J connectivity index is 1.83. The molecule has 2 heterocycles. The van der Waals surface area contributed by atoms with Crippen molar-refractivity contribution in [3.05, 3.63) is 12.0 Å². The molecule has 1 aliphatic rings. The molecule has 0 bridgehead atoms. The summed E-state index contributed by atoms with van der Waals surface area (Å²) in [5.74, 6) is 1.34. The second-order valence-electron chi connectivity index (χ2n) is 5.59. The monoisotopic (exact) mass is 274 g/mol. The lowest BCUT2D eigenvalue weighted by atomic mass is 10.3. The van der Waals surface area contributed by atoms with E-state index in [9.17, 15) is 0 Å². The first-order chi connectivity index (χ1) is 9.69. The highest BCUT2D eigenvalue weighted by Crippen LogP contribution is 2.28. The van der Waals surface area contributed by atoms with Crippen LogP contribution in [-0.4, -0.2) is 37.2 Å².